The Hall–Kier alpha value is -1.74. The van der Waals surface area contributed by atoms with E-state index in [1.165, 1.54) is 22.4 Å². The highest BCUT2D eigenvalue weighted by molar-refractivity contribution is 14.0. The summed E-state index contributed by atoms with van der Waals surface area (Å²) in [5, 5.41) is 3.56. The van der Waals surface area contributed by atoms with Gasteiger partial charge in [-0.2, -0.15) is 0 Å². The largest absolute Gasteiger partial charge is 0.352 e. The van der Waals surface area contributed by atoms with Gasteiger partial charge in [0.15, 0.2) is 5.96 Å². The van der Waals surface area contributed by atoms with Crippen molar-refractivity contribution in [2.24, 2.45) is 10.9 Å². The molecule has 172 valence electrons. The number of nitrogens with zero attached hydrogens (tertiary/aromatic N) is 3. The summed E-state index contributed by atoms with van der Waals surface area (Å²) in [6.45, 7) is 4.40. The van der Waals surface area contributed by atoms with Crippen molar-refractivity contribution in [3.8, 4) is 0 Å². The van der Waals surface area contributed by atoms with Gasteiger partial charge in [-0.25, -0.2) is 0 Å². The van der Waals surface area contributed by atoms with E-state index in [1.807, 2.05) is 23.7 Å². The van der Waals surface area contributed by atoms with Crippen molar-refractivity contribution in [3.63, 3.8) is 0 Å². The van der Waals surface area contributed by atoms with Gasteiger partial charge in [0.1, 0.15) is 0 Å². The van der Waals surface area contributed by atoms with Crippen LogP contribution in [-0.2, 0) is 17.9 Å². The summed E-state index contributed by atoms with van der Waals surface area (Å²) in [7, 11) is 1.86. The highest BCUT2D eigenvalue weighted by Crippen LogP contribution is 2.26. The standard InChI is InChI=1S/C25H32N4OS.HI/c1-26-25(29-15-13-20(17-29)19-31-23-10-3-2-4-11-23)27-16-21-8-5-6-9-22(21)18-28-14-7-12-24(28)30;/h2-6,8-11,20H,7,12-19H2,1H3,(H,26,27);1H. The Labute approximate surface area is 213 Å². The summed E-state index contributed by atoms with van der Waals surface area (Å²) >= 11 is 1.95. The molecule has 7 heteroatoms. The number of hydrogen-bond acceptors (Lipinski definition) is 3. The maximum atomic E-state index is 12.0. The predicted octanol–water partition coefficient (Wildman–Crippen LogP) is 4.62. The molecule has 0 bridgehead atoms. The van der Waals surface area contributed by atoms with Gasteiger partial charge in [-0.15, -0.1) is 35.7 Å². The molecular formula is C25H33IN4OS. The number of benzene rings is 2. The van der Waals surface area contributed by atoms with Crippen LogP contribution in [0.3, 0.4) is 0 Å². The van der Waals surface area contributed by atoms with Gasteiger partial charge < -0.3 is 15.1 Å². The molecule has 1 N–H and O–H groups in total. The molecule has 2 fully saturated rings. The van der Waals surface area contributed by atoms with E-state index in [1.54, 1.807) is 0 Å². The predicted molar refractivity (Wildman–Crippen MR) is 144 cm³/mol. The molecule has 2 aromatic rings. The Balaban J connectivity index is 0.00000289. The van der Waals surface area contributed by atoms with Crippen molar-refractivity contribution < 1.29 is 4.79 Å². The molecule has 0 radical (unpaired) electrons. The number of rotatable bonds is 7. The van der Waals surface area contributed by atoms with Gasteiger partial charge in [0.2, 0.25) is 5.91 Å². The molecule has 4 rings (SSSR count). The topological polar surface area (TPSA) is 47.9 Å². The first kappa shape index (κ1) is 24.9. The van der Waals surface area contributed by atoms with E-state index < -0.39 is 0 Å². The summed E-state index contributed by atoms with van der Waals surface area (Å²) in [4.78, 5) is 22.3. The quantitative estimate of drug-likeness (QED) is 0.231. The SMILES string of the molecule is CN=C(NCc1ccccc1CN1CCCC1=O)N1CCC(CSc2ccccc2)C1.I. The van der Waals surface area contributed by atoms with Gasteiger partial charge in [0, 0.05) is 56.8 Å². The van der Waals surface area contributed by atoms with Gasteiger partial charge in [-0.3, -0.25) is 9.79 Å². The van der Waals surface area contributed by atoms with Crippen LogP contribution in [0.15, 0.2) is 64.5 Å². The van der Waals surface area contributed by atoms with E-state index in [2.05, 4.69) is 69.8 Å². The number of thioether (sulfide) groups is 1. The first-order valence-corrected chi connectivity index (χ1v) is 12.2. The molecule has 1 unspecified atom stereocenters. The monoisotopic (exact) mass is 564 g/mol. The number of likely N-dealkylation sites (tertiary alicyclic amines) is 2. The summed E-state index contributed by atoms with van der Waals surface area (Å²) in [5.41, 5.74) is 2.46. The minimum Gasteiger partial charge on any atom is -0.352 e. The fraction of sp³-hybridized carbons (Fsp3) is 0.440. The molecule has 0 saturated carbocycles. The lowest BCUT2D eigenvalue weighted by molar-refractivity contribution is -0.128. The number of hydrogen-bond donors (Lipinski definition) is 1. The molecule has 1 atom stereocenters. The summed E-state index contributed by atoms with van der Waals surface area (Å²) in [5.74, 6) is 3.07. The zero-order valence-corrected chi connectivity index (χ0v) is 21.9. The third-order valence-corrected chi connectivity index (χ3v) is 7.36. The molecule has 2 saturated heterocycles. The highest BCUT2D eigenvalue weighted by Gasteiger charge is 2.25. The Kier molecular flexibility index (Phi) is 9.71. The van der Waals surface area contributed by atoms with Gasteiger partial charge >= 0.3 is 0 Å². The van der Waals surface area contributed by atoms with Crippen LogP contribution in [-0.4, -0.2) is 54.1 Å². The molecule has 2 aliphatic heterocycles. The molecule has 2 heterocycles. The van der Waals surface area contributed by atoms with E-state index >= 15 is 0 Å². The van der Waals surface area contributed by atoms with Crippen molar-refractivity contribution >= 4 is 47.6 Å². The lowest BCUT2D eigenvalue weighted by atomic mass is 10.1. The van der Waals surface area contributed by atoms with Gasteiger partial charge in [0.05, 0.1) is 0 Å². The number of guanidine groups is 1. The number of aliphatic imine (C=N–C) groups is 1. The fourth-order valence-corrected chi connectivity index (χ4v) is 5.41. The maximum Gasteiger partial charge on any atom is 0.222 e. The van der Waals surface area contributed by atoms with Crippen LogP contribution in [0, 0.1) is 5.92 Å². The summed E-state index contributed by atoms with van der Waals surface area (Å²) in [6.07, 6.45) is 2.87. The average molecular weight is 565 g/mol. The molecule has 0 aliphatic carbocycles. The second-order valence-electron chi connectivity index (χ2n) is 8.31. The van der Waals surface area contributed by atoms with Gasteiger partial charge in [-0.05, 0) is 42.0 Å². The zero-order valence-electron chi connectivity index (χ0n) is 18.7. The maximum absolute atomic E-state index is 12.0. The Bertz CT molecular complexity index is 908. The van der Waals surface area contributed by atoms with E-state index in [9.17, 15) is 4.79 Å². The number of carbonyl (C=O) groups is 1. The molecular weight excluding hydrogens is 531 g/mol. The van der Waals surface area contributed by atoms with Crippen LogP contribution in [0.25, 0.3) is 0 Å². The Morgan fingerprint density at radius 1 is 1.09 bits per heavy atom. The van der Waals surface area contributed by atoms with E-state index in [4.69, 9.17) is 0 Å². The van der Waals surface area contributed by atoms with Crippen molar-refractivity contribution in [1.29, 1.82) is 0 Å². The first-order valence-electron chi connectivity index (χ1n) is 11.2. The average Bonchev–Trinajstić information content (AvgIpc) is 3.44. The highest BCUT2D eigenvalue weighted by atomic mass is 127. The van der Waals surface area contributed by atoms with Crippen LogP contribution in [0.4, 0.5) is 0 Å². The normalized spacial score (nSPS) is 18.7. The minimum atomic E-state index is 0. The van der Waals surface area contributed by atoms with E-state index in [-0.39, 0.29) is 29.9 Å². The second kappa shape index (κ2) is 12.5. The lowest BCUT2D eigenvalue weighted by Crippen LogP contribution is -2.40. The zero-order chi connectivity index (χ0) is 21.5. The molecule has 32 heavy (non-hydrogen) atoms. The minimum absolute atomic E-state index is 0. The molecule has 0 spiro atoms. The number of carbonyl (C=O) groups excluding carboxylic acids is 1. The molecule has 2 aromatic carbocycles. The number of amides is 1. The Morgan fingerprint density at radius 2 is 1.84 bits per heavy atom. The number of nitrogens with one attached hydrogen (secondary N) is 1. The first-order chi connectivity index (χ1) is 15.2. The van der Waals surface area contributed by atoms with Crippen LogP contribution < -0.4 is 5.32 Å². The second-order valence-corrected chi connectivity index (χ2v) is 9.41. The molecule has 1 amide bonds. The fourth-order valence-electron chi connectivity index (χ4n) is 4.36. The van der Waals surface area contributed by atoms with Crippen molar-refractivity contribution in [2.45, 2.75) is 37.2 Å². The third-order valence-electron chi connectivity index (χ3n) is 6.11. The van der Waals surface area contributed by atoms with Gasteiger partial charge in [0.25, 0.3) is 0 Å². The van der Waals surface area contributed by atoms with Crippen molar-refractivity contribution in [2.75, 3.05) is 32.4 Å². The third kappa shape index (κ3) is 6.63. The lowest BCUT2D eigenvalue weighted by Gasteiger charge is -2.23. The number of halogens is 1. The van der Waals surface area contributed by atoms with Crippen LogP contribution in [0.5, 0.6) is 0 Å². The Morgan fingerprint density at radius 3 is 2.56 bits per heavy atom. The molecule has 5 nitrogen and oxygen atoms in total. The summed E-state index contributed by atoms with van der Waals surface area (Å²) < 4.78 is 0. The smallest absolute Gasteiger partial charge is 0.222 e. The summed E-state index contributed by atoms with van der Waals surface area (Å²) in [6, 6.07) is 19.1. The van der Waals surface area contributed by atoms with Crippen LogP contribution >= 0.6 is 35.7 Å². The van der Waals surface area contributed by atoms with Crippen LogP contribution in [0.2, 0.25) is 0 Å². The van der Waals surface area contributed by atoms with Gasteiger partial charge in [-0.1, -0.05) is 42.5 Å². The van der Waals surface area contributed by atoms with Crippen LogP contribution in [0.1, 0.15) is 30.4 Å². The van der Waals surface area contributed by atoms with E-state index in [0.717, 1.165) is 44.3 Å². The molecule has 2 aliphatic rings. The van der Waals surface area contributed by atoms with Crippen molar-refractivity contribution in [1.82, 2.24) is 15.1 Å². The van der Waals surface area contributed by atoms with E-state index in [0.29, 0.717) is 18.9 Å². The molecule has 0 aromatic heterocycles. The van der Waals surface area contributed by atoms with Crippen molar-refractivity contribution in [3.05, 3.63) is 65.7 Å².